The van der Waals surface area contributed by atoms with Crippen LogP contribution in [0.2, 0.25) is 0 Å². The van der Waals surface area contributed by atoms with Crippen LogP contribution in [0.3, 0.4) is 0 Å². The van der Waals surface area contributed by atoms with Crippen molar-refractivity contribution in [3.8, 4) is 0 Å². The zero-order valence-corrected chi connectivity index (χ0v) is 15.8. The molecule has 0 amide bonds. The van der Waals surface area contributed by atoms with E-state index in [1.54, 1.807) is 0 Å². The molecule has 0 saturated carbocycles. The summed E-state index contributed by atoms with van der Waals surface area (Å²) < 4.78 is 5.11. The summed E-state index contributed by atoms with van der Waals surface area (Å²) in [6.45, 7) is 1.55. The third-order valence-electron chi connectivity index (χ3n) is 5.06. The van der Waals surface area contributed by atoms with Gasteiger partial charge in [0.15, 0.2) is 0 Å². The van der Waals surface area contributed by atoms with E-state index in [0.717, 1.165) is 19.3 Å². The predicted molar refractivity (Wildman–Crippen MR) is 96.4 cm³/mol. The first-order valence-electron chi connectivity index (χ1n) is 9.92. The fourth-order valence-corrected chi connectivity index (χ4v) is 3.37. The second-order valence-corrected chi connectivity index (χ2v) is 7.40. The van der Waals surface area contributed by atoms with Crippen LogP contribution >= 0.6 is 0 Å². The summed E-state index contributed by atoms with van der Waals surface area (Å²) in [5.41, 5.74) is 0. The Labute approximate surface area is 156 Å². The largest absolute Gasteiger partial charge is 0.394 e. The van der Waals surface area contributed by atoms with Crippen molar-refractivity contribution in [1.29, 1.82) is 0 Å². The average molecular weight is 376 g/mol. The van der Waals surface area contributed by atoms with Gasteiger partial charge >= 0.3 is 0 Å². The molecule has 5 atom stereocenters. The topological polar surface area (TPSA) is 127 Å². The standard InChI is InChI=1S/C19H36O7/c1-2-3-4-5-6-7-8-9-10-11-14(21)12-19(25)18(24)17(23)16(22)15(13-20)26-19/h15-18,20,22-25H,2-13H2,1H3/t15-,16-,17+,18-,19-/m1/s1. The van der Waals surface area contributed by atoms with E-state index in [-0.39, 0.29) is 12.2 Å². The molecule has 26 heavy (non-hydrogen) atoms. The Bertz CT molecular complexity index is 401. The van der Waals surface area contributed by atoms with E-state index >= 15 is 0 Å². The predicted octanol–water partition coefficient (Wildman–Crippen LogP) is 1.03. The number of aliphatic hydroxyl groups is 5. The van der Waals surface area contributed by atoms with Gasteiger partial charge < -0.3 is 30.3 Å². The summed E-state index contributed by atoms with van der Waals surface area (Å²) in [6, 6.07) is 0. The summed E-state index contributed by atoms with van der Waals surface area (Å²) in [4.78, 5) is 12.1. The molecule has 0 radical (unpaired) electrons. The van der Waals surface area contributed by atoms with Crippen LogP contribution in [0.5, 0.6) is 0 Å². The summed E-state index contributed by atoms with van der Waals surface area (Å²) in [5.74, 6) is -2.57. The van der Waals surface area contributed by atoms with Gasteiger partial charge in [-0.25, -0.2) is 0 Å². The van der Waals surface area contributed by atoms with Crippen LogP contribution in [0, 0.1) is 0 Å². The maximum atomic E-state index is 12.1. The molecule has 5 N–H and O–H groups in total. The monoisotopic (exact) mass is 376 g/mol. The Morgan fingerprint density at radius 3 is 2.00 bits per heavy atom. The Morgan fingerprint density at radius 2 is 1.46 bits per heavy atom. The van der Waals surface area contributed by atoms with Crippen LogP contribution < -0.4 is 0 Å². The van der Waals surface area contributed by atoms with Crippen LogP contribution in [-0.2, 0) is 9.53 Å². The molecule has 0 spiro atoms. The van der Waals surface area contributed by atoms with E-state index in [1.807, 2.05) is 0 Å². The number of Topliss-reactive ketones (excluding diaryl/α,β-unsaturated/α-hetero) is 1. The fraction of sp³-hybridized carbons (Fsp3) is 0.947. The average Bonchev–Trinajstić information content (AvgIpc) is 2.62. The van der Waals surface area contributed by atoms with Gasteiger partial charge in [0.25, 0.3) is 0 Å². The van der Waals surface area contributed by atoms with Crippen molar-refractivity contribution in [1.82, 2.24) is 0 Å². The van der Waals surface area contributed by atoms with Gasteiger partial charge in [0.05, 0.1) is 13.0 Å². The fourth-order valence-electron chi connectivity index (χ4n) is 3.37. The van der Waals surface area contributed by atoms with Gasteiger partial charge in [-0.2, -0.15) is 0 Å². The van der Waals surface area contributed by atoms with E-state index in [4.69, 9.17) is 9.84 Å². The lowest BCUT2D eigenvalue weighted by molar-refractivity contribution is -0.347. The molecule has 1 aliphatic rings. The Kier molecular flexibility index (Phi) is 10.8. The summed E-state index contributed by atoms with van der Waals surface area (Å²) in [6.07, 6.45) is 3.65. The first-order chi connectivity index (χ1) is 12.4. The Balaban J connectivity index is 2.27. The van der Waals surface area contributed by atoms with Gasteiger partial charge in [0.2, 0.25) is 5.79 Å². The lowest BCUT2D eigenvalue weighted by Crippen LogP contribution is -2.65. The van der Waals surface area contributed by atoms with E-state index in [9.17, 15) is 25.2 Å². The van der Waals surface area contributed by atoms with Gasteiger partial charge in [0.1, 0.15) is 30.2 Å². The van der Waals surface area contributed by atoms with E-state index in [1.165, 1.54) is 32.1 Å². The molecule has 1 fully saturated rings. The van der Waals surface area contributed by atoms with Crippen LogP contribution in [0.15, 0.2) is 0 Å². The molecule has 0 unspecified atom stereocenters. The molecule has 1 rings (SSSR count). The van der Waals surface area contributed by atoms with Crippen molar-refractivity contribution in [3.05, 3.63) is 0 Å². The summed E-state index contributed by atoms with van der Waals surface area (Å²) in [5, 5.41) is 48.9. The molecule has 1 saturated heterocycles. The number of carbonyl (C=O) groups is 1. The minimum absolute atomic E-state index is 0.261. The zero-order chi connectivity index (χ0) is 19.6. The SMILES string of the molecule is CCCCCCCCCCCC(=O)C[C@@]1(O)O[C@H](CO)[C@@H](O)[C@H](O)[C@H]1O. The smallest absolute Gasteiger partial charge is 0.202 e. The first-order valence-corrected chi connectivity index (χ1v) is 9.92. The van der Waals surface area contributed by atoms with Gasteiger partial charge in [-0.05, 0) is 6.42 Å². The highest BCUT2D eigenvalue weighted by Gasteiger charge is 2.53. The van der Waals surface area contributed by atoms with Crippen molar-refractivity contribution in [2.45, 2.75) is 108 Å². The zero-order valence-electron chi connectivity index (χ0n) is 15.8. The molecular weight excluding hydrogens is 340 g/mol. The lowest BCUT2D eigenvalue weighted by Gasteiger charge is -2.45. The molecule has 7 nitrogen and oxygen atoms in total. The summed E-state index contributed by atoms with van der Waals surface area (Å²) >= 11 is 0. The van der Waals surface area contributed by atoms with Gasteiger partial charge in [-0.3, -0.25) is 4.79 Å². The number of ketones is 1. The molecule has 0 aromatic carbocycles. The van der Waals surface area contributed by atoms with Crippen molar-refractivity contribution >= 4 is 5.78 Å². The Morgan fingerprint density at radius 1 is 0.923 bits per heavy atom. The molecule has 1 heterocycles. The van der Waals surface area contributed by atoms with Crippen molar-refractivity contribution in [3.63, 3.8) is 0 Å². The molecule has 154 valence electrons. The normalized spacial score (nSPS) is 31.9. The number of hydrogen-bond donors (Lipinski definition) is 5. The number of unbranched alkanes of at least 4 members (excludes halogenated alkanes) is 8. The van der Waals surface area contributed by atoms with Crippen LogP contribution in [0.4, 0.5) is 0 Å². The minimum atomic E-state index is -2.29. The van der Waals surface area contributed by atoms with Gasteiger partial charge in [0, 0.05) is 6.42 Å². The molecule has 0 aromatic heterocycles. The van der Waals surface area contributed by atoms with Gasteiger partial charge in [-0.1, -0.05) is 58.3 Å². The first kappa shape index (κ1) is 23.5. The third kappa shape index (κ3) is 7.21. The molecule has 0 aromatic rings. The molecule has 0 bridgehead atoms. The summed E-state index contributed by atoms with van der Waals surface area (Å²) in [7, 11) is 0. The molecule has 7 heteroatoms. The third-order valence-corrected chi connectivity index (χ3v) is 5.06. The highest BCUT2D eigenvalue weighted by molar-refractivity contribution is 5.79. The highest BCUT2D eigenvalue weighted by atomic mass is 16.7. The van der Waals surface area contributed by atoms with Crippen LogP contribution in [0.25, 0.3) is 0 Å². The highest BCUT2D eigenvalue weighted by Crippen LogP contribution is 2.31. The second kappa shape index (κ2) is 12.0. The van der Waals surface area contributed by atoms with Gasteiger partial charge in [-0.15, -0.1) is 0 Å². The number of ether oxygens (including phenoxy) is 1. The van der Waals surface area contributed by atoms with E-state index in [0.29, 0.717) is 6.42 Å². The lowest BCUT2D eigenvalue weighted by atomic mass is 9.89. The van der Waals surface area contributed by atoms with Crippen molar-refractivity contribution in [2.24, 2.45) is 0 Å². The number of aliphatic hydroxyl groups excluding tert-OH is 4. The van der Waals surface area contributed by atoms with Crippen LogP contribution in [-0.4, -0.2) is 68.1 Å². The maximum Gasteiger partial charge on any atom is 0.202 e. The van der Waals surface area contributed by atoms with Crippen LogP contribution in [0.1, 0.15) is 77.6 Å². The molecule has 0 aliphatic carbocycles. The van der Waals surface area contributed by atoms with Crippen molar-refractivity contribution < 1.29 is 35.1 Å². The number of rotatable bonds is 13. The van der Waals surface area contributed by atoms with Crippen molar-refractivity contribution in [2.75, 3.05) is 6.61 Å². The molecular formula is C19H36O7. The number of hydrogen-bond acceptors (Lipinski definition) is 7. The van der Waals surface area contributed by atoms with E-state index in [2.05, 4.69) is 6.92 Å². The number of carbonyl (C=O) groups excluding carboxylic acids is 1. The molecule has 1 aliphatic heterocycles. The second-order valence-electron chi connectivity index (χ2n) is 7.40. The maximum absolute atomic E-state index is 12.1. The quantitative estimate of drug-likeness (QED) is 0.304. The Hall–Kier alpha value is -0.570. The minimum Gasteiger partial charge on any atom is -0.394 e. The van der Waals surface area contributed by atoms with E-state index < -0.39 is 43.2 Å².